The summed E-state index contributed by atoms with van der Waals surface area (Å²) in [5, 5.41) is 15.4. The fourth-order valence-electron chi connectivity index (χ4n) is 4.72. The summed E-state index contributed by atoms with van der Waals surface area (Å²) >= 11 is 0. The number of rotatable bonds is 12. The van der Waals surface area contributed by atoms with Crippen LogP contribution in [0.5, 0.6) is 0 Å². The fourth-order valence-corrected chi connectivity index (χ4v) is 4.72. The minimum Gasteiger partial charge on any atom is -0.480 e. The van der Waals surface area contributed by atoms with Crippen molar-refractivity contribution in [1.29, 1.82) is 0 Å². The number of aliphatic carboxylic acids is 1. The number of carboxylic acids is 1. The predicted molar refractivity (Wildman–Crippen MR) is 139 cm³/mol. The highest BCUT2D eigenvalue weighted by molar-refractivity contribution is 5.95. The third-order valence-electron chi connectivity index (χ3n) is 7.09. The number of likely N-dealkylation sites (tertiary alicyclic amines) is 1. The molecule has 8 N–H and O–H groups in total. The van der Waals surface area contributed by atoms with Crippen LogP contribution < -0.4 is 22.1 Å². The quantitative estimate of drug-likeness (QED) is 0.222. The molecule has 0 spiro atoms. The zero-order valence-electron chi connectivity index (χ0n) is 21.6. The fraction of sp³-hybridized carbons (Fsp3) is 0.500. The van der Waals surface area contributed by atoms with Gasteiger partial charge >= 0.3 is 5.97 Å². The second-order valence-electron chi connectivity index (χ2n) is 9.80. The van der Waals surface area contributed by atoms with Crippen LogP contribution in [0.1, 0.15) is 45.1 Å². The number of hydrogen-bond donors (Lipinski definition) is 6. The van der Waals surface area contributed by atoms with Crippen molar-refractivity contribution < 1.29 is 29.1 Å². The monoisotopic (exact) mass is 528 g/mol. The van der Waals surface area contributed by atoms with Crippen molar-refractivity contribution in [2.24, 2.45) is 17.4 Å². The molecule has 12 heteroatoms. The van der Waals surface area contributed by atoms with Gasteiger partial charge in [0, 0.05) is 23.6 Å². The number of primary amides is 1. The molecule has 1 aliphatic heterocycles. The number of nitrogens with two attached hydrogens (primary N) is 2. The van der Waals surface area contributed by atoms with Crippen molar-refractivity contribution in [1.82, 2.24) is 20.5 Å². The summed E-state index contributed by atoms with van der Waals surface area (Å²) in [7, 11) is 0. The van der Waals surface area contributed by atoms with E-state index in [4.69, 9.17) is 11.5 Å². The van der Waals surface area contributed by atoms with E-state index in [0.717, 1.165) is 16.5 Å². The molecule has 12 nitrogen and oxygen atoms in total. The lowest BCUT2D eigenvalue weighted by molar-refractivity contribution is -0.146. The van der Waals surface area contributed by atoms with Gasteiger partial charge in [-0.25, -0.2) is 4.79 Å². The molecule has 1 aliphatic rings. The molecule has 0 radical (unpaired) electrons. The Labute approximate surface area is 220 Å². The summed E-state index contributed by atoms with van der Waals surface area (Å²) in [4.78, 5) is 66.8. The van der Waals surface area contributed by atoms with Crippen LogP contribution in [-0.2, 0) is 30.4 Å². The van der Waals surface area contributed by atoms with E-state index >= 15 is 0 Å². The second-order valence-corrected chi connectivity index (χ2v) is 9.80. The number of H-pyrrole nitrogens is 1. The van der Waals surface area contributed by atoms with E-state index in [-0.39, 0.29) is 18.9 Å². The summed E-state index contributed by atoms with van der Waals surface area (Å²) in [5.41, 5.74) is 13.1. The summed E-state index contributed by atoms with van der Waals surface area (Å²) in [6.07, 6.45) is 2.94. The zero-order valence-corrected chi connectivity index (χ0v) is 21.6. The maximum atomic E-state index is 13.6. The Morgan fingerprint density at radius 3 is 2.55 bits per heavy atom. The summed E-state index contributed by atoms with van der Waals surface area (Å²) in [6.45, 7) is 3.99. The topological polar surface area (TPSA) is 201 Å². The normalized spacial score (nSPS) is 18.4. The van der Waals surface area contributed by atoms with Gasteiger partial charge in [-0.2, -0.15) is 0 Å². The molecule has 5 unspecified atom stereocenters. The van der Waals surface area contributed by atoms with Crippen LogP contribution in [-0.4, -0.2) is 75.3 Å². The lowest BCUT2D eigenvalue weighted by Crippen LogP contribution is -2.58. The second kappa shape index (κ2) is 12.5. The lowest BCUT2D eigenvalue weighted by Gasteiger charge is -2.32. The van der Waals surface area contributed by atoms with Crippen molar-refractivity contribution in [2.75, 3.05) is 6.54 Å². The Balaban J connectivity index is 1.71. The van der Waals surface area contributed by atoms with Crippen molar-refractivity contribution in [3.63, 3.8) is 0 Å². The van der Waals surface area contributed by atoms with Crippen molar-refractivity contribution in [3.05, 3.63) is 36.0 Å². The van der Waals surface area contributed by atoms with Crippen molar-refractivity contribution >= 4 is 40.5 Å². The number of amides is 4. The molecule has 4 amide bonds. The summed E-state index contributed by atoms with van der Waals surface area (Å²) in [6, 6.07) is 3.42. The van der Waals surface area contributed by atoms with Gasteiger partial charge in [-0.15, -0.1) is 0 Å². The van der Waals surface area contributed by atoms with Crippen LogP contribution in [0.2, 0.25) is 0 Å². The van der Waals surface area contributed by atoms with Crippen LogP contribution in [0, 0.1) is 5.92 Å². The zero-order chi connectivity index (χ0) is 28.0. The predicted octanol–water partition coefficient (Wildman–Crippen LogP) is 0.00440. The Morgan fingerprint density at radius 1 is 1.18 bits per heavy atom. The maximum Gasteiger partial charge on any atom is 0.326 e. The van der Waals surface area contributed by atoms with Gasteiger partial charge < -0.3 is 37.1 Å². The van der Waals surface area contributed by atoms with Crippen LogP contribution >= 0.6 is 0 Å². The number of para-hydroxylation sites is 1. The number of aromatic amines is 1. The first kappa shape index (κ1) is 28.6. The third-order valence-corrected chi connectivity index (χ3v) is 7.09. The third kappa shape index (κ3) is 6.68. The van der Waals surface area contributed by atoms with Crippen molar-refractivity contribution in [3.8, 4) is 0 Å². The molecule has 0 bridgehead atoms. The molecule has 2 heterocycles. The molecule has 0 saturated carbocycles. The van der Waals surface area contributed by atoms with Gasteiger partial charge in [0.25, 0.3) is 0 Å². The molecular formula is C26H36N6O6. The Bertz CT molecular complexity index is 1200. The van der Waals surface area contributed by atoms with Gasteiger partial charge in [0.15, 0.2) is 0 Å². The van der Waals surface area contributed by atoms with E-state index in [1.165, 1.54) is 4.90 Å². The van der Waals surface area contributed by atoms with E-state index in [1.807, 2.05) is 44.3 Å². The Kier molecular flexibility index (Phi) is 9.45. The number of carboxylic acid groups (broad SMARTS) is 1. The molecule has 5 atom stereocenters. The molecule has 206 valence electrons. The van der Waals surface area contributed by atoms with E-state index in [2.05, 4.69) is 15.6 Å². The largest absolute Gasteiger partial charge is 0.480 e. The van der Waals surface area contributed by atoms with E-state index in [1.54, 1.807) is 0 Å². The first-order valence-corrected chi connectivity index (χ1v) is 12.8. The van der Waals surface area contributed by atoms with Crippen molar-refractivity contribution in [2.45, 2.75) is 70.1 Å². The SMILES string of the molecule is CCC(C)C(NC(=O)C(N)Cc1c[nH]c2ccccc12)C(=O)N1CCCC1C(=O)NC(CC(N)=O)C(=O)O. The van der Waals surface area contributed by atoms with E-state index in [0.29, 0.717) is 19.3 Å². The molecule has 38 heavy (non-hydrogen) atoms. The van der Waals surface area contributed by atoms with Gasteiger partial charge in [0.2, 0.25) is 23.6 Å². The first-order valence-electron chi connectivity index (χ1n) is 12.8. The number of hydrogen-bond acceptors (Lipinski definition) is 6. The Hall–Kier alpha value is -3.93. The molecule has 3 rings (SSSR count). The standard InChI is InChI=1S/C26H36N6O6/c1-3-14(2)22(31-23(34)17(27)11-15-13-29-18-8-5-4-7-16(15)18)25(36)32-10-6-9-20(32)24(35)30-19(26(37)38)12-21(28)33/h4-5,7-8,13-14,17,19-20,22,29H,3,6,9-12,27H2,1-2H3,(H2,28,33)(H,30,35)(H,31,34)(H,37,38). The molecule has 2 aromatic rings. The molecule has 1 aromatic carbocycles. The highest BCUT2D eigenvalue weighted by Gasteiger charge is 2.40. The summed E-state index contributed by atoms with van der Waals surface area (Å²) in [5.74, 6) is -4.14. The van der Waals surface area contributed by atoms with Crippen LogP contribution in [0.15, 0.2) is 30.5 Å². The number of nitrogens with zero attached hydrogens (tertiary/aromatic N) is 1. The van der Waals surface area contributed by atoms with Gasteiger partial charge in [-0.3, -0.25) is 19.2 Å². The average molecular weight is 529 g/mol. The van der Waals surface area contributed by atoms with Crippen LogP contribution in [0.3, 0.4) is 0 Å². The number of carbonyl (C=O) groups excluding carboxylic acids is 4. The van der Waals surface area contributed by atoms with Crippen LogP contribution in [0.25, 0.3) is 10.9 Å². The van der Waals surface area contributed by atoms with Crippen LogP contribution in [0.4, 0.5) is 0 Å². The number of benzene rings is 1. The highest BCUT2D eigenvalue weighted by Crippen LogP contribution is 2.22. The van der Waals surface area contributed by atoms with E-state index in [9.17, 15) is 29.1 Å². The van der Waals surface area contributed by atoms with Gasteiger partial charge in [-0.05, 0) is 36.8 Å². The first-order chi connectivity index (χ1) is 18.0. The minimum atomic E-state index is -1.50. The maximum absolute atomic E-state index is 13.6. The Morgan fingerprint density at radius 2 is 1.89 bits per heavy atom. The lowest BCUT2D eigenvalue weighted by atomic mass is 9.96. The van der Waals surface area contributed by atoms with Gasteiger partial charge in [-0.1, -0.05) is 38.5 Å². The summed E-state index contributed by atoms with van der Waals surface area (Å²) < 4.78 is 0. The molecule has 1 saturated heterocycles. The number of aromatic nitrogens is 1. The number of nitrogens with one attached hydrogen (secondary N) is 3. The minimum absolute atomic E-state index is 0.252. The molecule has 1 fully saturated rings. The van der Waals surface area contributed by atoms with Gasteiger partial charge in [0.05, 0.1) is 12.5 Å². The van der Waals surface area contributed by atoms with E-state index < -0.39 is 60.2 Å². The smallest absolute Gasteiger partial charge is 0.326 e. The molecule has 1 aromatic heterocycles. The molecule has 0 aliphatic carbocycles. The highest BCUT2D eigenvalue weighted by atomic mass is 16.4. The number of carbonyl (C=O) groups is 5. The van der Waals surface area contributed by atoms with Gasteiger partial charge in [0.1, 0.15) is 18.1 Å². The molecular weight excluding hydrogens is 492 g/mol. The average Bonchev–Trinajstić information content (AvgIpc) is 3.53. The number of fused-ring (bicyclic) bond motifs is 1.